The summed E-state index contributed by atoms with van der Waals surface area (Å²) in [6.45, 7) is 5.80. The zero-order valence-electron chi connectivity index (χ0n) is 11.3. The molecule has 2 heteroatoms. The number of allylic oxidation sites excluding steroid dienone is 1. The lowest BCUT2D eigenvalue weighted by atomic mass is 9.99. The average molecular weight is 258 g/mol. The molecule has 0 aliphatic carbocycles. The summed E-state index contributed by atoms with van der Waals surface area (Å²) in [5.74, 6) is -0.490. The summed E-state index contributed by atoms with van der Waals surface area (Å²) in [5.41, 5.74) is 4.76. The molecule has 0 bridgehead atoms. The summed E-state index contributed by atoms with van der Waals surface area (Å²) in [6, 6.07) is 9.35. The predicted octanol–water partition coefficient (Wildman–Crippen LogP) is 5.14. The highest BCUT2D eigenvalue weighted by Gasteiger charge is 2.04. The molecule has 0 saturated carbocycles. The minimum Gasteiger partial charge on any atom is -0.207 e. The molecular weight excluding hydrogens is 242 g/mol. The third kappa shape index (κ3) is 3.08. The normalized spacial score (nSPS) is 11.7. The van der Waals surface area contributed by atoms with Gasteiger partial charge in [-0.05, 0) is 72.9 Å². The maximum absolute atomic E-state index is 13.4. The van der Waals surface area contributed by atoms with E-state index in [2.05, 4.69) is 0 Å². The highest BCUT2D eigenvalue weighted by molar-refractivity contribution is 5.81. The Labute approximate surface area is 112 Å². The van der Waals surface area contributed by atoms with Gasteiger partial charge in [0, 0.05) is 0 Å². The molecule has 2 aromatic carbocycles. The van der Waals surface area contributed by atoms with Gasteiger partial charge in [-0.2, -0.15) is 0 Å². The average Bonchev–Trinajstić information content (AvgIpc) is 2.36. The minimum atomic E-state index is -0.255. The molecular formula is C17H16F2. The standard InChI is InChI=1S/C17H16F2/c1-11-9-17(19)10-15(13(11)3)8-12(2)14-4-6-16(18)7-5-14/h4-10H,1-3H3/b12-8+. The van der Waals surface area contributed by atoms with E-state index in [1.165, 1.54) is 24.3 Å². The summed E-state index contributed by atoms with van der Waals surface area (Å²) in [6.07, 6.45) is 1.93. The van der Waals surface area contributed by atoms with E-state index >= 15 is 0 Å². The Kier molecular flexibility index (Phi) is 3.79. The summed E-state index contributed by atoms with van der Waals surface area (Å²) < 4.78 is 26.3. The summed E-state index contributed by atoms with van der Waals surface area (Å²) in [7, 11) is 0. The molecule has 0 amide bonds. The van der Waals surface area contributed by atoms with Crippen molar-refractivity contribution in [3.8, 4) is 0 Å². The molecule has 0 spiro atoms. The van der Waals surface area contributed by atoms with Crippen molar-refractivity contribution in [2.24, 2.45) is 0 Å². The second-order valence-corrected chi connectivity index (χ2v) is 4.77. The summed E-state index contributed by atoms with van der Waals surface area (Å²) >= 11 is 0. The van der Waals surface area contributed by atoms with Gasteiger partial charge in [-0.15, -0.1) is 0 Å². The lowest BCUT2D eigenvalue weighted by Gasteiger charge is -2.07. The molecule has 0 aromatic heterocycles. The quantitative estimate of drug-likeness (QED) is 0.654. The van der Waals surface area contributed by atoms with Gasteiger partial charge in [0.05, 0.1) is 0 Å². The Morgan fingerprint density at radius 3 is 2.21 bits per heavy atom. The molecule has 0 atom stereocenters. The van der Waals surface area contributed by atoms with E-state index in [9.17, 15) is 8.78 Å². The lowest BCUT2D eigenvalue weighted by Crippen LogP contribution is -1.90. The molecule has 0 aliphatic rings. The number of halogens is 2. The first-order chi connectivity index (χ1) is 8.97. The van der Waals surface area contributed by atoms with Crippen molar-refractivity contribution in [2.45, 2.75) is 20.8 Å². The second kappa shape index (κ2) is 5.35. The summed E-state index contributed by atoms with van der Waals surface area (Å²) in [4.78, 5) is 0. The number of benzene rings is 2. The topological polar surface area (TPSA) is 0 Å². The Morgan fingerprint density at radius 1 is 0.947 bits per heavy atom. The molecule has 98 valence electrons. The molecule has 0 fully saturated rings. The Balaban J connectivity index is 2.43. The van der Waals surface area contributed by atoms with Gasteiger partial charge in [-0.1, -0.05) is 18.2 Å². The van der Waals surface area contributed by atoms with E-state index in [-0.39, 0.29) is 11.6 Å². The Morgan fingerprint density at radius 2 is 1.58 bits per heavy atom. The second-order valence-electron chi connectivity index (χ2n) is 4.77. The zero-order chi connectivity index (χ0) is 14.0. The van der Waals surface area contributed by atoms with Crippen LogP contribution in [0.3, 0.4) is 0 Å². The van der Waals surface area contributed by atoms with Gasteiger partial charge in [0.2, 0.25) is 0 Å². The van der Waals surface area contributed by atoms with Gasteiger partial charge in [-0.25, -0.2) is 8.78 Å². The molecule has 0 heterocycles. The number of hydrogen-bond acceptors (Lipinski definition) is 0. The number of aryl methyl sites for hydroxylation is 1. The highest BCUT2D eigenvalue weighted by atomic mass is 19.1. The van der Waals surface area contributed by atoms with Gasteiger partial charge >= 0.3 is 0 Å². The van der Waals surface area contributed by atoms with E-state index in [0.29, 0.717) is 0 Å². The molecule has 0 radical (unpaired) electrons. The Bertz CT molecular complexity index is 622. The predicted molar refractivity (Wildman–Crippen MR) is 75.8 cm³/mol. The Hall–Kier alpha value is -1.96. The fraction of sp³-hybridized carbons (Fsp3) is 0.176. The van der Waals surface area contributed by atoms with Gasteiger partial charge in [-0.3, -0.25) is 0 Å². The van der Waals surface area contributed by atoms with Crippen molar-refractivity contribution >= 4 is 11.6 Å². The lowest BCUT2D eigenvalue weighted by molar-refractivity contribution is 0.625. The molecule has 0 aliphatic heterocycles. The highest BCUT2D eigenvalue weighted by Crippen LogP contribution is 2.22. The summed E-state index contributed by atoms with van der Waals surface area (Å²) in [5, 5.41) is 0. The van der Waals surface area contributed by atoms with Crippen molar-refractivity contribution in [1.29, 1.82) is 0 Å². The van der Waals surface area contributed by atoms with Crippen LogP contribution in [0.4, 0.5) is 8.78 Å². The van der Waals surface area contributed by atoms with Crippen molar-refractivity contribution in [1.82, 2.24) is 0 Å². The SMILES string of the molecule is C/C(=C\c1cc(F)cc(C)c1C)c1ccc(F)cc1. The fourth-order valence-corrected chi connectivity index (χ4v) is 2.02. The van der Waals surface area contributed by atoms with Crippen LogP contribution in [0.15, 0.2) is 36.4 Å². The van der Waals surface area contributed by atoms with E-state index < -0.39 is 0 Å². The molecule has 0 saturated heterocycles. The maximum atomic E-state index is 13.4. The van der Waals surface area contributed by atoms with Gasteiger partial charge in [0.25, 0.3) is 0 Å². The largest absolute Gasteiger partial charge is 0.207 e. The van der Waals surface area contributed by atoms with Gasteiger partial charge < -0.3 is 0 Å². The first-order valence-electron chi connectivity index (χ1n) is 6.18. The fourth-order valence-electron chi connectivity index (χ4n) is 2.02. The third-order valence-corrected chi connectivity index (χ3v) is 3.34. The minimum absolute atomic E-state index is 0.235. The van der Waals surface area contributed by atoms with E-state index in [0.717, 1.165) is 27.8 Å². The van der Waals surface area contributed by atoms with Crippen molar-refractivity contribution in [3.05, 3.63) is 70.3 Å². The van der Waals surface area contributed by atoms with Gasteiger partial charge in [0.1, 0.15) is 11.6 Å². The van der Waals surface area contributed by atoms with Crippen LogP contribution < -0.4 is 0 Å². The zero-order valence-corrected chi connectivity index (χ0v) is 11.3. The van der Waals surface area contributed by atoms with Crippen molar-refractivity contribution < 1.29 is 8.78 Å². The molecule has 0 unspecified atom stereocenters. The van der Waals surface area contributed by atoms with Crippen LogP contribution in [-0.4, -0.2) is 0 Å². The van der Waals surface area contributed by atoms with E-state index in [1.807, 2.05) is 26.8 Å². The van der Waals surface area contributed by atoms with Crippen LogP contribution in [0, 0.1) is 25.5 Å². The van der Waals surface area contributed by atoms with Crippen LogP contribution in [-0.2, 0) is 0 Å². The molecule has 0 N–H and O–H groups in total. The van der Waals surface area contributed by atoms with Crippen molar-refractivity contribution in [3.63, 3.8) is 0 Å². The molecule has 0 nitrogen and oxygen atoms in total. The van der Waals surface area contributed by atoms with Crippen LogP contribution in [0.5, 0.6) is 0 Å². The maximum Gasteiger partial charge on any atom is 0.124 e. The van der Waals surface area contributed by atoms with Gasteiger partial charge in [0.15, 0.2) is 0 Å². The van der Waals surface area contributed by atoms with Crippen LogP contribution in [0.2, 0.25) is 0 Å². The monoisotopic (exact) mass is 258 g/mol. The molecule has 19 heavy (non-hydrogen) atoms. The van der Waals surface area contributed by atoms with Crippen LogP contribution in [0.25, 0.3) is 11.6 Å². The van der Waals surface area contributed by atoms with Crippen LogP contribution >= 0.6 is 0 Å². The number of rotatable bonds is 2. The first kappa shape index (κ1) is 13.5. The molecule has 2 rings (SSSR count). The van der Waals surface area contributed by atoms with E-state index in [4.69, 9.17) is 0 Å². The third-order valence-electron chi connectivity index (χ3n) is 3.34. The first-order valence-corrected chi connectivity index (χ1v) is 6.18. The van der Waals surface area contributed by atoms with E-state index in [1.54, 1.807) is 12.1 Å². The van der Waals surface area contributed by atoms with Crippen LogP contribution in [0.1, 0.15) is 29.2 Å². The smallest absolute Gasteiger partial charge is 0.124 e. The number of hydrogen-bond donors (Lipinski definition) is 0. The van der Waals surface area contributed by atoms with Crippen molar-refractivity contribution in [2.75, 3.05) is 0 Å². The molecule has 2 aromatic rings.